The van der Waals surface area contributed by atoms with Gasteiger partial charge in [-0.25, -0.2) is 32.2 Å². The second kappa shape index (κ2) is 5.52. The zero-order valence-electron chi connectivity index (χ0n) is 7.83. The summed E-state index contributed by atoms with van der Waals surface area (Å²) in [6.45, 7) is 0. The zero-order chi connectivity index (χ0) is 13.0. The summed E-state index contributed by atoms with van der Waals surface area (Å²) in [6, 6.07) is 6.05. The molecular weight excluding hydrogens is 264 g/mol. The van der Waals surface area contributed by atoms with Gasteiger partial charge < -0.3 is 5.73 Å². The van der Waals surface area contributed by atoms with Gasteiger partial charge in [-0.1, -0.05) is 0 Å². The Bertz CT molecular complexity index is 419. The number of primary sulfonamides is 1. The van der Waals surface area contributed by atoms with Crippen molar-refractivity contribution >= 4 is 15.7 Å². The van der Waals surface area contributed by atoms with Gasteiger partial charge in [0.15, 0.2) is 0 Å². The molecule has 0 aliphatic carbocycles. The van der Waals surface area contributed by atoms with Crippen LogP contribution in [0, 0.1) is 10.2 Å². The third-order valence-corrected chi connectivity index (χ3v) is 2.18. The highest BCUT2D eigenvalue weighted by Gasteiger charge is 2.05. The first-order chi connectivity index (χ1) is 7.00. The van der Waals surface area contributed by atoms with Crippen LogP contribution in [0.15, 0.2) is 29.2 Å². The predicted molar refractivity (Wildman–Crippen MR) is 40.4 cm³/mol. The van der Waals surface area contributed by atoms with Crippen LogP contribution in [-0.4, -0.2) is 8.42 Å². The number of rotatable bonds is 1. The van der Waals surface area contributed by atoms with Gasteiger partial charge in [0.05, 0.1) is 4.90 Å². The van der Waals surface area contributed by atoms with Gasteiger partial charge in [0.25, 0.3) is 0 Å². The molecule has 5 N–H and O–H groups in total. The molecule has 92 valence electrons. The highest BCUT2D eigenvalue weighted by molar-refractivity contribution is 7.89. The van der Waals surface area contributed by atoms with Crippen LogP contribution in [0.2, 0.25) is 0 Å². The highest BCUT2D eigenvalue weighted by Crippen LogP contribution is 2.07. The summed E-state index contributed by atoms with van der Waals surface area (Å²) >= 11 is 0. The summed E-state index contributed by atoms with van der Waals surface area (Å²) in [5.41, 5.74) is 4.37. The Balaban J connectivity index is 0.000000385. The van der Waals surface area contributed by atoms with Gasteiger partial charge in [-0.15, -0.1) is 10.2 Å². The highest BCUT2D eigenvalue weighted by atomic mass is 35.7. The van der Waals surface area contributed by atoms with Gasteiger partial charge in [0.1, 0.15) is 5.69 Å². The SMILES string of the molecule is NS(=O)(=O)c1ccc([NH3+])cc1.[O-][Cl+3]([O-])([O-])[O-]. The fourth-order valence-electron chi connectivity index (χ4n) is 0.679. The monoisotopic (exact) mass is 272 g/mol. The molecular formula is C6H9ClN2O6S. The molecule has 16 heavy (non-hydrogen) atoms. The molecule has 0 fully saturated rings. The zero-order valence-corrected chi connectivity index (χ0v) is 9.40. The van der Waals surface area contributed by atoms with Crippen LogP contribution in [0.5, 0.6) is 0 Å². The average Bonchev–Trinajstić information content (AvgIpc) is 1.99. The largest absolute Gasteiger partial charge is 0.325 e. The standard InChI is InChI=1S/C6H8N2O2S.ClHO4/c7-5-1-3-6(4-2-5)11(8,9)10;2-1(3,4)5/h1-4H,7H2,(H2,8,9,10);(H,2,3,4,5). The average molecular weight is 273 g/mol. The van der Waals surface area contributed by atoms with E-state index in [-0.39, 0.29) is 4.90 Å². The van der Waals surface area contributed by atoms with Crippen LogP contribution in [0.1, 0.15) is 0 Å². The molecule has 0 aliphatic rings. The molecule has 8 nitrogen and oxygen atoms in total. The number of sulfonamides is 1. The molecule has 0 aromatic heterocycles. The maximum absolute atomic E-state index is 10.7. The Morgan fingerprint density at radius 2 is 1.38 bits per heavy atom. The summed E-state index contributed by atoms with van der Waals surface area (Å²) in [4.78, 5) is 0.116. The van der Waals surface area contributed by atoms with Crippen molar-refractivity contribution in [3.8, 4) is 0 Å². The Labute approximate surface area is 93.5 Å². The van der Waals surface area contributed by atoms with Crippen LogP contribution >= 0.6 is 0 Å². The van der Waals surface area contributed by atoms with E-state index in [1.807, 2.05) is 0 Å². The first-order valence-corrected chi connectivity index (χ1v) is 6.35. The van der Waals surface area contributed by atoms with Gasteiger partial charge in [-0.05, 0) is 12.1 Å². The fraction of sp³-hybridized carbons (Fsp3) is 0. The lowest BCUT2D eigenvalue weighted by Gasteiger charge is -2.17. The Morgan fingerprint density at radius 3 is 1.62 bits per heavy atom. The van der Waals surface area contributed by atoms with Crippen molar-refractivity contribution in [3.05, 3.63) is 24.3 Å². The minimum absolute atomic E-state index is 0.116. The Hall–Kier alpha value is -0.780. The van der Waals surface area contributed by atoms with E-state index in [1.165, 1.54) is 12.1 Å². The van der Waals surface area contributed by atoms with Crippen LogP contribution < -0.4 is 29.5 Å². The summed E-state index contributed by atoms with van der Waals surface area (Å²) < 4.78 is 55.4. The van der Waals surface area contributed by atoms with Gasteiger partial charge >= 0.3 is 0 Å². The van der Waals surface area contributed by atoms with E-state index in [2.05, 4.69) is 5.73 Å². The predicted octanol–water partition coefficient (Wildman–Crippen LogP) is -5.55. The first kappa shape index (κ1) is 15.2. The summed E-state index contributed by atoms with van der Waals surface area (Å²) in [5, 5.41) is 4.86. The molecule has 0 heterocycles. The Kier molecular flexibility index (Phi) is 5.25. The molecule has 1 aromatic carbocycles. The number of hydrogen-bond acceptors (Lipinski definition) is 6. The molecule has 0 atom stereocenters. The normalized spacial score (nSPS) is 11.6. The third kappa shape index (κ3) is 8.52. The summed E-state index contributed by atoms with van der Waals surface area (Å²) in [6.07, 6.45) is 0. The maximum atomic E-state index is 10.7. The molecule has 0 saturated heterocycles. The van der Waals surface area contributed by atoms with Crippen LogP contribution in [0.25, 0.3) is 0 Å². The second-order valence-electron chi connectivity index (χ2n) is 2.57. The van der Waals surface area contributed by atoms with Crippen LogP contribution in [0.3, 0.4) is 0 Å². The smallest absolute Gasteiger partial charge is 0.238 e. The van der Waals surface area contributed by atoms with E-state index in [1.54, 1.807) is 12.1 Å². The molecule has 0 saturated carbocycles. The van der Waals surface area contributed by atoms with Crippen LogP contribution in [-0.2, 0) is 10.0 Å². The van der Waals surface area contributed by atoms with Gasteiger partial charge in [-0.3, -0.25) is 0 Å². The van der Waals surface area contributed by atoms with Gasteiger partial charge in [-0.2, -0.15) is 0 Å². The quantitative estimate of drug-likeness (QED) is 0.514. The third-order valence-electron chi connectivity index (χ3n) is 1.25. The molecule has 0 bridgehead atoms. The number of hydrogen-bond donors (Lipinski definition) is 2. The Morgan fingerprint density at radius 1 is 1.06 bits per heavy atom. The van der Waals surface area contributed by atoms with E-state index >= 15 is 0 Å². The number of quaternary nitrogens is 1. The van der Waals surface area contributed by atoms with Crippen molar-refractivity contribution in [1.82, 2.24) is 0 Å². The van der Waals surface area contributed by atoms with E-state index in [4.69, 9.17) is 23.8 Å². The summed E-state index contributed by atoms with van der Waals surface area (Å²) in [7, 11) is -8.49. The van der Waals surface area contributed by atoms with Crippen LogP contribution in [0.4, 0.5) is 5.69 Å². The topological polar surface area (TPSA) is 180 Å². The van der Waals surface area contributed by atoms with E-state index in [0.717, 1.165) is 5.69 Å². The van der Waals surface area contributed by atoms with E-state index < -0.39 is 20.3 Å². The fourth-order valence-corrected chi connectivity index (χ4v) is 1.19. The second-order valence-corrected chi connectivity index (χ2v) is 4.88. The number of halogens is 1. The van der Waals surface area contributed by atoms with Crippen molar-refractivity contribution in [1.29, 1.82) is 0 Å². The van der Waals surface area contributed by atoms with Crippen molar-refractivity contribution < 1.29 is 43.0 Å². The lowest BCUT2D eigenvalue weighted by atomic mass is 10.3. The number of benzene rings is 1. The van der Waals surface area contributed by atoms with Crippen molar-refractivity contribution in [2.75, 3.05) is 0 Å². The van der Waals surface area contributed by atoms with Gasteiger partial charge in [0, 0.05) is 12.1 Å². The minimum atomic E-state index is -4.94. The van der Waals surface area contributed by atoms with Crippen molar-refractivity contribution in [3.63, 3.8) is 0 Å². The molecule has 0 aliphatic heterocycles. The molecule has 0 unspecified atom stereocenters. The van der Waals surface area contributed by atoms with Gasteiger partial charge in [0.2, 0.25) is 10.0 Å². The molecule has 1 aromatic rings. The molecule has 10 heteroatoms. The molecule has 0 spiro atoms. The molecule has 0 amide bonds. The van der Waals surface area contributed by atoms with E-state index in [0.29, 0.717) is 0 Å². The lowest BCUT2D eigenvalue weighted by Crippen LogP contribution is -2.68. The maximum Gasteiger partial charge on any atom is 0.238 e. The first-order valence-electron chi connectivity index (χ1n) is 3.57. The summed E-state index contributed by atoms with van der Waals surface area (Å²) in [5.74, 6) is 0. The van der Waals surface area contributed by atoms with E-state index in [9.17, 15) is 8.42 Å². The molecule has 1 rings (SSSR count). The van der Waals surface area contributed by atoms with Crippen molar-refractivity contribution in [2.45, 2.75) is 4.90 Å². The van der Waals surface area contributed by atoms with Crippen molar-refractivity contribution in [2.24, 2.45) is 5.14 Å². The number of nitrogens with two attached hydrogens (primary N) is 1. The minimum Gasteiger partial charge on any atom is -0.325 e. The molecule has 0 radical (unpaired) electrons. The lowest BCUT2D eigenvalue weighted by molar-refractivity contribution is -2.00.